The molecular weight excluding hydrogens is 386 g/mol. The molecule has 0 amide bonds. The number of hydrogen-bond donors (Lipinski definition) is 0. The van der Waals surface area contributed by atoms with Crippen molar-refractivity contribution >= 4 is 11.9 Å². The monoisotopic (exact) mass is 409 g/mol. The second-order valence-corrected chi connectivity index (χ2v) is 5.59. The van der Waals surface area contributed by atoms with E-state index in [4.69, 9.17) is 14.2 Å². The molecule has 0 aliphatic carbocycles. The van der Waals surface area contributed by atoms with E-state index in [1.165, 1.54) is 20.8 Å². The molecule has 0 radical (unpaired) electrons. The molecule has 0 fully saturated rings. The molecular formula is C18H23F4NO5. The first-order valence-corrected chi connectivity index (χ1v) is 8.74. The van der Waals surface area contributed by atoms with Crippen molar-refractivity contribution in [3.63, 3.8) is 0 Å². The maximum absolute atomic E-state index is 16.0. The number of halogens is 4. The van der Waals surface area contributed by atoms with E-state index in [-0.39, 0.29) is 19.8 Å². The Kier molecular flexibility index (Phi) is 9.30. The lowest BCUT2D eigenvalue weighted by molar-refractivity contribution is -0.185. The lowest BCUT2D eigenvalue weighted by Crippen LogP contribution is -2.55. The Morgan fingerprint density at radius 2 is 1.68 bits per heavy atom. The van der Waals surface area contributed by atoms with Crippen molar-refractivity contribution in [3.05, 3.63) is 29.8 Å². The number of nitrogens with zero attached hydrogens (tertiary/aromatic N) is 1. The van der Waals surface area contributed by atoms with Gasteiger partial charge in [-0.05, 0) is 32.9 Å². The van der Waals surface area contributed by atoms with Gasteiger partial charge in [-0.1, -0.05) is 6.07 Å². The van der Waals surface area contributed by atoms with Gasteiger partial charge in [0.15, 0.2) is 12.1 Å². The van der Waals surface area contributed by atoms with Gasteiger partial charge in [-0.25, -0.2) is 18.2 Å². The highest BCUT2D eigenvalue weighted by molar-refractivity contribution is 5.96. The normalized spacial score (nSPS) is 15.6. The van der Waals surface area contributed by atoms with Gasteiger partial charge in [0.25, 0.3) is 0 Å². The Morgan fingerprint density at radius 1 is 1.11 bits per heavy atom. The zero-order valence-electron chi connectivity index (χ0n) is 15.8. The molecule has 0 spiro atoms. The zero-order chi connectivity index (χ0) is 21.3. The van der Waals surface area contributed by atoms with Crippen molar-refractivity contribution in [2.24, 2.45) is 5.92 Å². The van der Waals surface area contributed by atoms with E-state index < -0.39 is 54.1 Å². The fraction of sp³-hybridized carbons (Fsp3) is 0.611. The van der Waals surface area contributed by atoms with Crippen LogP contribution in [0.4, 0.5) is 17.6 Å². The summed E-state index contributed by atoms with van der Waals surface area (Å²) in [5.74, 6) is -5.74. The summed E-state index contributed by atoms with van der Waals surface area (Å²) in [6, 6.07) is 2.81. The molecule has 0 saturated carbocycles. The summed E-state index contributed by atoms with van der Waals surface area (Å²) in [7, 11) is 0. The summed E-state index contributed by atoms with van der Waals surface area (Å²) in [4.78, 5) is 28.0. The highest BCUT2D eigenvalue weighted by Crippen LogP contribution is 2.40. The molecule has 158 valence electrons. The maximum atomic E-state index is 16.0. The first-order chi connectivity index (χ1) is 13.3. The summed E-state index contributed by atoms with van der Waals surface area (Å²) in [6.45, 7) is 1.80. The largest absolute Gasteiger partial charge is 0.465 e. The number of alkyl halides is 3. The zero-order valence-corrected chi connectivity index (χ0v) is 15.8. The second kappa shape index (κ2) is 10.9. The van der Waals surface area contributed by atoms with Crippen LogP contribution in [0.15, 0.2) is 18.2 Å². The van der Waals surface area contributed by atoms with Crippen LogP contribution in [-0.4, -0.2) is 55.7 Å². The number of ether oxygens (including phenoxy) is 3. The van der Waals surface area contributed by atoms with E-state index >= 15 is 4.39 Å². The molecule has 0 bridgehead atoms. The Labute approximate surface area is 160 Å². The fourth-order valence-electron chi connectivity index (χ4n) is 2.67. The predicted molar refractivity (Wildman–Crippen MR) is 90.0 cm³/mol. The highest BCUT2D eigenvalue weighted by Gasteiger charge is 2.58. The molecule has 0 aromatic carbocycles. The van der Waals surface area contributed by atoms with Crippen LogP contribution < -0.4 is 0 Å². The van der Waals surface area contributed by atoms with Gasteiger partial charge in [0, 0.05) is 6.61 Å². The van der Waals surface area contributed by atoms with Crippen molar-refractivity contribution in [1.82, 2.24) is 4.98 Å². The third-order valence-corrected chi connectivity index (χ3v) is 3.84. The summed E-state index contributed by atoms with van der Waals surface area (Å²) in [6.07, 6.45) is -5.12. The minimum absolute atomic E-state index is 0.173. The first-order valence-electron chi connectivity index (χ1n) is 8.74. The van der Waals surface area contributed by atoms with Gasteiger partial charge in [-0.15, -0.1) is 0 Å². The number of pyridine rings is 1. The Morgan fingerprint density at radius 3 is 2.11 bits per heavy atom. The minimum Gasteiger partial charge on any atom is -0.465 e. The van der Waals surface area contributed by atoms with Crippen LogP contribution in [0.2, 0.25) is 0 Å². The maximum Gasteiger partial charge on any atom is 0.323 e. The number of esters is 2. The van der Waals surface area contributed by atoms with Gasteiger partial charge < -0.3 is 14.2 Å². The van der Waals surface area contributed by atoms with Gasteiger partial charge in [0.1, 0.15) is 12.8 Å². The van der Waals surface area contributed by atoms with Gasteiger partial charge in [-0.3, -0.25) is 9.59 Å². The van der Waals surface area contributed by atoms with E-state index in [1.54, 1.807) is 0 Å². The van der Waals surface area contributed by atoms with Crippen molar-refractivity contribution in [3.8, 4) is 0 Å². The molecule has 28 heavy (non-hydrogen) atoms. The Hall–Kier alpha value is -2.23. The van der Waals surface area contributed by atoms with Crippen LogP contribution in [0.5, 0.6) is 0 Å². The highest BCUT2D eigenvalue weighted by atomic mass is 19.2. The van der Waals surface area contributed by atoms with E-state index in [0.717, 1.165) is 18.2 Å². The standard InChI is InChI=1S/C18H23F4NO5/c1-4-26-15(14(16(24)27-5-2)17(25)28-6-3)18(22,11(20)10-19)12-8-7-9-13(21)23-12/h7-9,11,14-15H,4-6,10H2,1-3H3. The third-order valence-electron chi connectivity index (χ3n) is 3.84. The molecule has 1 rings (SSSR count). The van der Waals surface area contributed by atoms with Crippen molar-refractivity contribution in [2.75, 3.05) is 26.5 Å². The van der Waals surface area contributed by atoms with Crippen molar-refractivity contribution < 1.29 is 41.4 Å². The topological polar surface area (TPSA) is 74.7 Å². The molecule has 3 atom stereocenters. The Bertz CT molecular complexity index is 645. The van der Waals surface area contributed by atoms with Crippen LogP contribution in [0.1, 0.15) is 26.5 Å². The van der Waals surface area contributed by atoms with E-state index in [0.29, 0.717) is 0 Å². The lowest BCUT2D eigenvalue weighted by atomic mass is 9.81. The molecule has 3 unspecified atom stereocenters. The van der Waals surface area contributed by atoms with Crippen LogP contribution >= 0.6 is 0 Å². The predicted octanol–water partition coefficient (Wildman–Crippen LogP) is 2.84. The smallest absolute Gasteiger partial charge is 0.323 e. The van der Waals surface area contributed by atoms with Gasteiger partial charge in [0.2, 0.25) is 11.6 Å². The molecule has 0 saturated heterocycles. The number of hydrogen-bond acceptors (Lipinski definition) is 6. The summed E-state index contributed by atoms with van der Waals surface area (Å²) in [5.41, 5.74) is -4.34. The average molecular weight is 409 g/mol. The fourth-order valence-corrected chi connectivity index (χ4v) is 2.67. The Balaban J connectivity index is 3.62. The lowest BCUT2D eigenvalue weighted by Gasteiger charge is -2.37. The summed E-state index contributed by atoms with van der Waals surface area (Å²) >= 11 is 0. The van der Waals surface area contributed by atoms with Gasteiger partial charge in [-0.2, -0.15) is 4.39 Å². The quantitative estimate of drug-likeness (QED) is 0.242. The van der Waals surface area contributed by atoms with Crippen LogP contribution in [0.25, 0.3) is 0 Å². The third kappa shape index (κ3) is 5.18. The number of aromatic nitrogens is 1. The second-order valence-electron chi connectivity index (χ2n) is 5.59. The first kappa shape index (κ1) is 23.8. The number of rotatable bonds is 11. The molecule has 0 aliphatic heterocycles. The van der Waals surface area contributed by atoms with Gasteiger partial charge >= 0.3 is 11.9 Å². The molecule has 1 heterocycles. The molecule has 0 aliphatic rings. The van der Waals surface area contributed by atoms with E-state index in [2.05, 4.69) is 4.98 Å². The van der Waals surface area contributed by atoms with Crippen LogP contribution in [0.3, 0.4) is 0 Å². The minimum atomic E-state index is -3.48. The van der Waals surface area contributed by atoms with Gasteiger partial charge in [0.05, 0.1) is 18.9 Å². The average Bonchev–Trinajstić information content (AvgIpc) is 2.66. The number of carbonyl (C=O) groups is 2. The van der Waals surface area contributed by atoms with E-state index in [9.17, 15) is 22.8 Å². The summed E-state index contributed by atoms with van der Waals surface area (Å²) < 4.78 is 72.0. The molecule has 6 nitrogen and oxygen atoms in total. The molecule has 10 heteroatoms. The number of carbonyl (C=O) groups excluding carboxylic acids is 2. The van der Waals surface area contributed by atoms with Crippen molar-refractivity contribution in [2.45, 2.75) is 38.7 Å². The van der Waals surface area contributed by atoms with Crippen LogP contribution in [-0.2, 0) is 29.5 Å². The van der Waals surface area contributed by atoms with E-state index in [1.807, 2.05) is 0 Å². The summed E-state index contributed by atoms with van der Waals surface area (Å²) in [5, 5.41) is 0. The molecule has 1 aromatic heterocycles. The van der Waals surface area contributed by atoms with Crippen molar-refractivity contribution in [1.29, 1.82) is 0 Å². The SMILES string of the molecule is CCOC(=O)C(C(=O)OCC)C(OCC)C(F)(c1cccc(F)n1)C(F)CF. The molecule has 0 N–H and O–H groups in total. The molecule has 1 aromatic rings. The van der Waals surface area contributed by atoms with Crippen LogP contribution in [0, 0.1) is 11.9 Å².